The highest BCUT2D eigenvalue weighted by Gasteiger charge is 2.44. The molecule has 2 fully saturated rings. The van der Waals surface area contributed by atoms with Crippen LogP contribution in [-0.2, 0) is 16.1 Å². The molecule has 5 rings (SSSR count). The molecule has 2 aromatic rings. The molecule has 32 heavy (non-hydrogen) atoms. The molecule has 0 aliphatic carbocycles. The van der Waals surface area contributed by atoms with Crippen LogP contribution in [0.4, 0.5) is 5.69 Å². The Morgan fingerprint density at radius 1 is 1.00 bits per heavy atom. The summed E-state index contributed by atoms with van der Waals surface area (Å²) in [4.78, 5) is 55.2. The Balaban J connectivity index is 1.27. The topological polar surface area (TPSA) is 90.0 Å². The van der Waals surface area contributed by atoms with Gasteiger partial charge in [0, 0.05) is 44.5 Å². The summed E-state index contributed by atoms with van der Waals surface area (Å²) in [6.07, 6.45) is 0.281. The number of imide groups is 2. The third kappa shape index (κ3) is 3.61. The Hall–Kier alpha value is -3.04. The van der Waals surface area contributed by atoms with Gasteiger partial charge in [-0.2, -0.15) is 0 Å². The van der Waals surface area contributed by atoms with E-state index in [0.29, 0.717) is 17.7 Å². The highest BCUT2D eigenvalue weighted by atomic mass is 32.1. The number of hydrogen-bond donors (Lipinski definition) is 1. The average molecular weight is 453 g/mol. The van der Waals surface area contributed by atoms with E-state index >= 15 is 0 Å². The minimum absolute atomic E-state index is 0.117. The van der Waals surface area contributed by atoms with Gasteiger partial charge in [-0.25, -0.2) is 0 Å². The lowest BCUT2D eigenvalue weighted by Crippen LogP contribution is -2.54. The number of carbonyl (C=O) groups excluding carboxylic acids is 4. The molecule has 9 heteroatoms. The number of nitrogens with one attached hydrogen (secondary N) is 1. The minimum Gasteiger partial charge on any atom is -0.368 e. The molecule has 8 nitrogen and oxygen atoms in total. The molecular formula is C23H24N4O4S. The Labute approximate surface area is 189 Å². The molecule has 3 aliphatic heterocycles. The maximum Gasteiger partial charge on any atom is 0.262 e. The molecular weight excluding hydrogens is 428 g/mol. The molecule has 1 aromatic carbocycles. The van der Waals surface area contributed by atoms with E-state index < -0.39 is 23.8 Å². The molecule has 2 saturated heterocycles. The van der Waals surface area contributed by atoms with Gasteiger partial charge in [-0.3, -0.25) is 34.3 Å². The van der Waals surface area contributed by atoms with Crippen molar-refractivity contribution in [3.05, 3.63) is 51.2 Å². The summed E-state index contributed by atoms with van der Waals surface area (Å²) in [7, 11) is 0. The van der Waals surface area contributed by atoms with Crippen molar-refractivity contribution in [2.75, 3.05) is 31.1 Å². The Kier molecular flexibility index (Phi) is 5.30. The van der Waals surface area contributed by atoms with Gasteiger partial charge in [0.15, 0.2) is 0 Å². The largest absolute Gasteiger partial charge is 0.368 e. The third-order valence-electron chi connectivity index (χ3n) is 6.45. The molecule has 0 radical (unpaired) electrons. The fraction of sp³-hybridized carbons (Fsp3) is 0.391. The van der Waals surface area contributed by atoms with Gasteiger partial charge < -0.3 is 4.90 Å². The van der Waals surface area contributed by atoms with Crippen molar-refractivity contribution >= 4 is 40.7 Å². The number of piperazine rings is 1. The number of thiophene rings is 1. The van der Waals surface area contributed by atoms with Crippen LogP contribution in [0.15, 0.2) is 29.0 Å². The summed E-state index contributed by atoms with van der Waals surface area (Å²) in [5.41, 5.74) is 4.25. The fourth-order valence-electron chi connectivity index (χ4n) is 4.70. The average Bonchev–Trinajstić information content (AvgIpc) is 3.30. The number of anilines is 1. The second kappa shape index (κ2) is 8.14. The number of rotatable bonds is 4. The molecule has 3 aliphatic rings. The first kappa shape index (κ1) is 20.8. The van der Waals surface area contributed by atoms with Gasteiger partial charge in [-0.1, -0.05) is 6.07 Å². The smallest absolute Gasteiger partial charge is 0.262 e. The normalized spacial score (nSPS) is 21.8. The standard InChI is InChI=1S/C23H24N4O4S/c1-14-12-32-13-19(14)26-8-6-25(7-9-26)11-15-2-3-16-17(10-15)23(31)27(22(16)30)18-4-5-20(28)24-21(18)29/h2-3,10,12-13,18H,4-9,11H2,1H3,(H,24,28,29). The number of amides is 4. The zero-order chi connectivity index (χ0) is 22.4. The van der Waals surface area contributed by atoms with Gasteiger partial charge in [0.25, 0.3) is 11.8 Å². The highest BCUT2D eigenvalue weighted by Crippen LogP contribution is 2.29. The summed E-state index contributed by atoms with van der Waals surface area (Å²) in [6, 6.07) is 4.41. The van der Waals surface area contributed by atoms with Crippen LogP contribution in [0.1, 0.15) is 44.7 Å². The molecule has 0 saturated carbocycles. The maximum absolute atomic E-state index is 13.0. The molecule has 1 N–H and O–H groups in total. The van der Waals surface area contributed by atoms with E-state index in [9.17, 15) is 19.2 Å². The van der Waals surface area contributed by atoms with E-state index in [4.69, 9.17) is 0 Å². The van der Waals surface area contributed by atoms with E-state index in [1.807, 2.05) is 6.07 Å². The molecule has 4 heterocycles. The first-order valence-electron chi connectivity index (χ1n) is 10.8. The van der Waals surface area contributed by atoms with Crippen LogP contribution in [0.25, 0.3) is 0 Å². The summed E-state index contributed by atoms with van der Waals surface area (Å²) in [5, 5.41) is 6.59. The van der Waals surface area contributed by atoms with Crippen LogP contribution in [0, 0.1) is 6.92 Å². The summed E-state index contributed by atoms with van der Waals surface area (Å²) in [5.74, 6) is -1.89. The molecule has 4 amide bonds. The van der Waals surface area contributed by atoms with Gasteiger partial charge >= 0.3 is 0 Å². The molecule has 1 atom stereocenters. The number of fused-ring (bicyclic) bond motifs is 1. The quantitative estimate of drug-likeness (QED) is 0.712. The number of hydrogen-bond acceptors (Lipinski definition) is 7. The predicted octanol–water partition coefficient (Wildman–Crippen LogP) is 1.78. The second-order valence-electron chi connectivity index (χ2n) is 8.53. The number of piperidine rings is 1. The SMILES string of the molecule is Cc1cscc1N1CCN(Cc2ccc3c(c2)C(=O)N(C2CCC(=O)NC2=O)C3=O)CC1. The van der Waals surface area contributed by atoms with Gasteiger partial charge in [-0.15, -0.1) is 11.3 Å². The third-order valence-corrected chi connectivity index (χ3v) is 7.30. The van der Waals surface area contributed by atoms with E-state index in [-0.39, 0.29) is 18.7 Å². The van der Waals surface area contributed by atoms with Gasteiger partial charge in [0.05, 0.1) is 16.8 Å². The Bertz CT molecular complexity index is 1120. The van der Waals surface area contributed by atoms with Gasteiger partial charge in [-0.05, 0) is 42.0 Å². The van der Waals surface area contributed by atoms with Crippen molar-refractivity contribution in [2.45, 2.75) is 32.4 Å². The van der Waals surface area contributed by atoms with E-state index in [2.05, 4.69) is 32.8 Å². The van der Waals surface area contributed by atoms with Crippen molar-refractivity contribution in [1.29, 1.82) is 0 Å². The van der Waals surface area contributed by atoms with Crippen LogP contribution in [0.3, 0.4) is 0 Å². The fourth-order valence-corrected chi connectivity index (χ4v) is 5.56. The van der Waals surface area contributed by atoms with Crippen LogP contribution in [0.5, 0.6) is 0 Å². The van der Waals surface area contributed by atoms with Crippen LogP contribution < -0.4 is 10.2 Å². The van der Waals surface area contributed by atoms with Crippen molar-refractivity contribution in [2.24, 2.45) is 0 Å². The molecule has 0 spiro atoms. The van der Waals surface area contributed by atoms with Crippen LogP contribution in [0.2, 0.25) is 0 Å². The number of nitrogens with zero attached hydrogens (tertiary/aromatic N) is 3. The van der Waals surface area contributed by atoms with Crippen molar-refractivity contribution in [3.8, 4) is 0 Å². The van der Waals surface area contributed by atoms with E-state index in [1.54, 1.807) is 23.5 Å². The van der Waals surface area contributed by atoms with Crippen LogP contribution in [-0.4, -0.2) is 65.6 Å². The zero-order valence-electron chi connectivity index (χ0n) is 17.8. The summed E-state index contributed by atoms with van der Waals surface area (Å²) < 4.78 is 0. The Morgan fingerprint density at radius 2 is 1.75 bits per heavy atom. The first-order valence-corrected chi connectivity index (χ1v) is 11.7. The van der Waals surface area contributed by atoms with Gasteiger partial charge in [0.1, 0.15) is 6.04 Å². The lowest BCUT2D eigenvalue weighted by Gasteiger charge is -2.36. The van der Waals surface area contributed by atoms with Crippen LogP contribution >= 0.6 is 11.3 Å². The predicted molar refractivity (Wildman–Crippen MR) is 120 cm³/mol. The van der Waals surface area contributed by atoms with E-state index in [0.717, 1.165) is 36.6 Å². The lowest BCUT2D eigenvalue weighted by atomic mass is 10.0. The molecule has 1 aromatic heterocycles. The first-order chi connectivity index (χ1) is 15.4. The summed E-state index contributed by atoms with van der Waals surface area (Å²) in [6.45, 7) is 6.57. The van der Waals surface area contributed by atoms with E-state index in [1.165, 1.54) is 11.3 Å². The van der Waals surface area contributed by atoms with Gasteiger partial charge in [0.2, 0.25) is 11.8 Å². The maximum atomic E-state index is 13.0. The van der Waals surface area contributed by atoms with Crippen molar-refractivity contribution < 1.29 is 19.2 Å². The summed E-state index contributed by atoms with van der Waals surface area (Å²) >= 11 is 1.73. The van der Waals surface area contributed by atoms with Crippen molar-refractivity contribution in [3.63, 3.8) is 0 Å². The monoisotopic (exact) mass is 452 g/mol. The minimum atomic E-state index is -0.933. The Morgan fingerprint density at radius 3 is 2.44 bits per heavy atom. The number of carbonyl (C=O) groups is 4. The second-order valence-corrected chi connectivity index (χ2v) is 9.27. The molecule has 0 bridgehead atoms. The zero-order valence-corrected chi connectivity index (χ0v) is 18.6. The molecule has 1 unspecified atom stereocenters. The number of benzene rings is 1. The van der Waals surface area contributed by atoms with Crippen molar-refractivity contribution in [1.82, 2.24) is 15.1 Å². The lowest BCUT2D eigenvalue weighted by molar-refractivity contribution is -0.136. The molecule has 166 valence electrons. The number of aryl methyl sites for hydroxylation is 1. The highest BCUT2D eigenvalue weighted by molar-refractivity contribution is 7.08.